The van der Waals surface area contributed by atoms with Gasteiger partial charge in [-0.3, -0.25) is 4.79 Å². The van der Waals surface area contributed by atoms with Crippen molar-refractivity contribution in [3.05, 3.63) is 34.9 Å². The first-order valence-electron chi connectivity index (χ1n) is 5.97. The van der Waals surface area contributed by atoms with E-state index in [0.29, 0.717) is 10.6 Å². The first-order chi connectivity index (χ1) is 8.34. The lowest BCUT2D eigenvalue weighted by Crippen LogP contribution is -2.44. The second-order valence-corrected chi connectivity index (χ2v) is 6.61. The largest absolute Gasteiger partial charge is 0.349 e. The molecule has 4 heteroatoms. The SMILES string of the molecule is CC(C)(C)C(CCBr)NC(=O)c1cccc(Cl)c1. The molecular formula is C14H19BrClNO. The minimum Gasteiger partial charge on any atom is -0.349 e. The average Bonchev–Trinajstić information content (AvgIpc) is 2.27. The minimum atomic E-state index is -0.0709. The van der Waals surface area contributed by atoms with E-state index in [1.54, 1.807) is 24.3 Å². The lowest BCUT2D eigenvalue weighted by atomic mass is 9.85. The number of carbonyl (C=O) groups excluding carboxylic acids is 1. The Balaban J connectivity index is 2.79. The summed E-state index contributed by atoms with van der Waals surface area (Å²) in [6, 6.07) is 7.13. The number of hydrogen-bond donors (Lipinski definition) is 1. The monoisotopic (exact) mass is 331 g/mol. The smallest absolute Gasteiger partial charge is 0.251 e. The number of benzene rings is 1. The molecule has 0 aliphatic heterocycles. The van der Waals surface area contributed by atoms with Gasteiger partial charge in [0.05, 0.1) is 0 Å². The number of hydrogen-bond acceptors (Lipinski definition) is 1. The van der Waals surface area contributed by atoms with Crippen molar-refractivity contribution in [2.24, 2.45) is 5.41 Å². The Kier molecular flexibility index (Phi) is 5.67. The maximum Gasteiger partial charge on any atom is 0.251 e. The van der Waals surface area contributed by atoms with Crippen LogP contribution in [0.1, 0.15) is 37.6 Å². The molecule has 0 aliphatic rings. The summed E-state index contributed by atoms with van der Waals surface area (Å²) in [6.45, 7) is 6.37. The molecule has 1 N–H and O–H groups in total. The summed E-state index contributed by atoms with van der Waals surface area (Å²) in [5.74, 6) is -0.0709. The first-order valence-corrected chi connectivity index (χ1v) is 7.47. The molecule has 1 atom stereocenters. The number of amides is 1. The van der Waals surface area contributed by atoms with Crippen LogP contribution in [0.2, 0.25) is 5.02 Å². The van der Waals surface area contributed by atoms with Crippen LogP contribution in [0, 0.1) is 5.41 Å². The van der Waals surface area contributed by atoms with Crippen LogP contribution in [0.15, 0.2) is 24.3 Å². The van der Waals surface area contributed by atoms with Crippen molar-refractivity contribution in [3.8, 4) is 0 Å². The average molecular weight is 333 g/mol. The first kappa shape index (κ1) is 15.5. The van der Waals surface area contributed by atoms with Crippen molar-refractivity contribution >= 4 is 33.4 Å². The van der Waals surface area contributed by atoms with Crippen molar-refractivity contribution in [1.82, 2.24) is 5.32 Å². The molecule has 0 bridgehead atoms. The van der Waals surface area contributed by atoms with Gasteiger partial charge in [-0.05, 0) is 30.0 Å². The van der Waals surface area contributed by atoms with Gasteiger partial charge in [-0.25, -0.2) is 0 Å². The quantitative estimate of drug-likeness (QED) is 0.820. The molecule has 0 saturated heterocycles. The number of alkyl halides is 1. The van der Waals surface area contributed by atoms with E-state index in [4.69, 9.17) is 11.6 Å². The van der Waals surface area contributed by atoms with Gasteiger partial charge in [0.2, 0.25) is 0 Å². The van der Waals surface area contributed by atoms with E-state index in [-0.39, 0.29) is 17.4 Å². The molecule has 0 radical (unpaired) electrons. The van der Waals surface area contributed by atoms with Gasteiger partial charge in [0.1, 0.15) is 0 Å². The van der Waals surface area contributed by atoms with Crippen LogP contribution in [0.4, 0.5) is 0 Å². The summed E-state index contributed by atoms with van der Waals surface area (Å²) >= 11 is 9.32. The third-order valence-corrected chi connectivity index (χ3v) is 3.53. The van der Waals surface area contributed by atoms with Crippen molar-refractivity contribution in [2.45, 2.75) is 33.2 Å². The Hall–Kier alpha value is -0.540. The molecule has 0 fully saturated rings. The Morgan fingerprint density at radius 1 is 1.44 bits per heavy atom. The van der Waals surface area contributed by atoms with Gasteiger partial charge >= 0.3 is 0 Å². The van der Waals surface area contributed by atoms with Gasteiger partial charge < -0.3 is 5.32 Å². The van der Waals surface area contributed by atoms with Gasteiger partial charge in [-0.15, -0.1) is 0 Å². The standard InChI is InChI=1S/C14H19BrClNO/c1-14(2,3)12(7-8-15)17-13(18)10-5-4-6-11(16)9-10/h4-6,9,12H,7-8H2,1-3H3,(H,17,18). The number of nitrogens with one attached hydrogen (secondary N) is 1. The van der Waals surface area contributed by atoms with E-state index in [9.17, 15) is 4.79 Å². The highest BCUT2D eigenvalue weighted by Gasteiger charge is 2.25. The zero-order valence-electron chi connectivity index (χ0n) is 11.0. The molecule has 1 amide bonds. The molecule has 0 aliphatic carbocycles. The van der Waals surface area contributed by atoms with Crippen LogP contribution in [-0.4, -0.2) is 17.3 Å². The molecule has 1 rings (SSSR count). The highest BCUT2D eigenvalue weighted by atomic mass is 79.9. The molecule has 0 heterocycles. The Morgan fingerprint density at radius 3 is 2.61 bits per heavy atom. The molecule has 0 aromatic heterocycles. The van der Waals surface area contributed by atoms with Crippen LogP contribution >= 0.6 is 27.5 Å². The van der Waals surface area contributed by atoms with Gasteiger partial charge in [0.15, 0.2) is 0 Å². The third-order valence-electron chi connectivity index (χ3n) is 2.84. The fourth-order valence-electron chi connectivity index (χ4n) is 1.70. The Morgan fingerprint density at radius 2 is 2.11 bits per heavy atom. The predicted molar refractivity (Wildman–Crippen MR) is 80.6 cm³/mol. The highest BCUT2D eigenvalue weighted by molar-refractivity contribution is 9.09. The molecule has 100 valence electrons. The van der Waals surface area contributed by atoms with Crippen molar-refractivity contribution < 1.29 is 4.79 Å². The number of carbonyl (C=O) groups is 1. The fraction of sp³-hybridized carbons (Fsp3) is 0.500. The summed E-state index contributed by atoms with van der Waals surface area (Å²) in [5.41, 5.74) is 0.633. The minimum absolute atomic E-state index is 0.0298. The van der Waals surface area contributed by atoms with Gasteiger partial charge in [0, 0.05) is 22.0 Å². The molecule has 1 unspecified atom stereocenters. The molecule has 0 saturated carbocycles. The maximum absolute atomic E-state index is 12.1. The Labute approximate surface area is 122 Å². The Bertz CT molecular complexity index is 415. The van der Waals surface area contributed by atoms with E-state index in [1.165, 1.54) is 0 Å². The van der Waals surface area contributed by atoms with Crippen LogP contribution in [-0.2, 0) is 0 Å². The number of rotatable bonds is 4. The number of halogens is 2. The molecular weight excluding hydrogens is 314 g/mol. The maximum atomic E-state index is 12.1. The molecule has 1 aromatic rings. The summed E-state index contributed by atoms with van der Waals surface area (Å²) in [5, 5.41) is 4.52. The van der Waals surface area contributed by atoms with E-state index < -0.39 is 0 Å². The van der Waals surface area contributed by atoms with Crippen LogP contribution < -0.4 is 5.32 Å². The van der Waals surface area contributed by atoms with Gasteiger partial charge in [0.25, 0.3) is 5.91 Å². The topological polar surface area (TPSA) is 29.1 Å². The van der Waals surface area contributed by atoms with Crippen LogP contribution in [0.25, 0.3) is 0 Å². The summed E-state index contributed by atoms with van der Waals surface area (Å²) in [4.78, 5) is 12.1. The van der Waals surface area contributed by atoms with Crippen LogP contribution in [0.3, 0.4) is 0 Å². The summed E-state index contributed by atoms with van der Waals surface area (Å²) in [7, 11) is 0. The lowest BCUT2D eigenvalue weighted by molar-refractivity contribution is 0.0901. The zero-order chi connectivity index (χ0) is 13.8. The van der Waals surface area contributed by atoms with Gasteiger partial charge in [-0.2, -0.15) is 0 Å². The van der Waals surface area contributed by atoms with E-state index >= 15 is 0 Å². The molecule has 0 spiro atoms. The molecule has 18 heavy (non-hydrogen) atoms. The van der Waals surface area contributed by atoms with Crippen molar-refractivity contribution in [3.63, 3.8) is 0 Å². The summed E-state index contributed by atoms with van der Waals surface area (Å²) < 4.78 is 0. The van der Waals surface area contributed by atoms with Crippen molar-refractivity contribution in [2.75, 3.05) is 5.33 Å². The van der Waals surface area contributed by atoms with Crippen molar-refractivity contribution in [1.29, 1.82) is 0 Å². The zero-order valence-corrected chi connectivity index (χ0v) is 13.3. The highest BCUT2D eigenvalue weighted by Crippen LogP contribution is 2.23. The molecule has 2 nitrogen and oxygen atoms in total. The van der Waals surface area contributed by atoms with E-state index in [0.717, 1.165) is 11.8 Å². The van der Waals surface area contributed by atoms with E-state index in [1.807, 2.05) is 0 Å². The summed E-state index contributed by atoms with van der Waals surface area (Å²) in [6.07, 6.45) is 0.899. The lowest BCUT2D eigenvalue weighted by Gasteiger charge is -2.31. The normalized spacial score (nSPS) is 13.2. The second kappa shape index (κ2) is 6.58. The van der Waals surface area contributed by atoms with Crippen LogP contribution in [0.5, 0.6) is 0 Å². The van der Waals surface area contributed by atoms with E-state index in [2.05, 4.69) is 42.0 Å². The van der Waals surface area contributed by atoms with Gasteiger partial charge in [-0.1, -0.05) is 54.4 Å². The second-order valence-electron chi connectivity index (χ2n) is 5.38. The molecule has 1 aromatic carbocycles. The third kappa shape index (κ3) is 4.62. The fourth-order valence-corrected chi connectivity index (χ4v) is 2.35. The predicted octanol–water partition coefficient (Wildman–Crippen LogP) is 4.27.